The molecule has 0 bridgehead atoms. The standard InChI is InChI=1S/C21H27N3O2S/c1-21(2,3)26-20(25)24-13-8-17(9-14-24)19-18(5-4-10-23-19)27-15-16-6-11-22-12-7-16/h4-7,10-12,17H,8-9,13-15H2,1-3H3. The molecule has 0 radical (unpaired) electrons. The molecule has 6 heteroatoms. The van der Waals surface area contributed by atoms with Gasteiger partial charge in [0.1, 0.15) is 5.60 Å². The zero-order valence-electron chi connectivity index (χ0n) is 16.2. The lowest BCUT2D eigenvalue weighted by atomic mass is 9.93. The minimum absolute atomic E-state index is 0.214. The lowest BCUT2D eigenvalue weighted by Gasteiger charge is -2.33. The minimum atomic E-state index is -0.453. The lowest BCUT2D eigenvalue weighted by Crippen LogP contribution is -2.41. The van der Waals surface area contributed by atoms with Crippen molar-refractivity contribution in [3.05, 3.63) is 54.1 Å². The fraction of sp³-hybridized carbons (Fsp3) is 0.476. The van der Waals surface area contributed by atoms with Gasteiger partial charge >= 0.3 is 6.09 Å². The minimum Gasteiger partial charge on any atom is -0.444 e. The summed E-state index contributed by atoms with van der Waals surface area (Å²) in [5.74, 6) is 1.28. The monoisotopic (exact) mass is 385 g/mol. The molecule has 5 nitrogen and oxygen atoms in total. The van der Waals surface area contributed by atoms with Crippen molar-refractivity contribution >= 4 is 17.9 Å². The molecule has 1 saturated heterocycles. The zero-order chi connectivity index (χ0) is 19.3. The Bertz CT molecular complexity index is 754. The van der Waals surface area contributed by atoms with Crippen LogP contribution < -0.4 is 0 Å². The summed E-state index contributed by atoms with van der Waals surface area (Å²) in [4.78, 5) is 24.0. The van der Waals surface area contributed by atoms with E-state index in [1.54, 1.807) is 0 Å². The number of carbonyl (C=O) groups excluding carboxylic acids is 1. The predicted octanol–water partition coefficient (Wildman–Crippen LogP) is 4.88. The van der Waals surface area contributed by atoms with Gasteiger partial charge in [-0.1, -0.05) is 0 Å². The number of aromatic nitrogens is 2. The quantitative estimate of drug-likeness (QED) is 0.702. The molecule has 0 atom stereocenters. The maximum absolute atomic E-state index is 12.3. The van der Waals surface area contributed by atoms with Gasteiger partial charge in [0.2, 0.25) is 0 Å². The van der Waals surface area contributed by atoms with Crippen LogP contribution in [0.25, 0.3) is 0 Å². The Kier molecular flexibility index (Phi) is 6.37. The predicted molar refractivity (Wildman–Crippen MR) is 108 cm³/mol. The Morgan fingerprint density at radius 3 is 2.56 bits per heavy atom. The van der Waals surface area contributed by atoms with Gasteiger partial charge in [0.15, 0.2) is 0 Å². The molecule has 144 valence electrons. The number of ether oxygens (including phenoxy) is 1. The van der Waals surface area contributed by atoms with Gasteiger partial charge in [0, 0.05) is 48.2 Å². The molecule has 1 amide bonds. The van der Waals surface area contributed by atoms with Crippen molar-refractivity contribution in [3.8, 4) is 0 Å². The molecule has 0 saturated carbocycles. The van der Waals surface area contributed by atoms with Crippen LogP contribution in [-0.4, -0.2) is 39.7 Å². The van der Waals surface area contributed by atoms with Crippen molar-refractivity contribution < 1.29 is 9.53 Å². The number of nitrogens with zero attached hydrogens (tertiary/aromatic N) is 3. The van der Waals surface area contributed by atoms with E-state index >= 15 is 0 Å². The van der Waals surface area contributed by atoms with Crippen LogP contribution in [0.15, 0.2) is 47.8 Å². The number of hydrogen-bond donors (Lipinski definition) is 0. The summed E-state index contributed by atoms with van der Waals surface area (Å²) in [6.45, 7) is 7.13. The number of rotatable bonds is 4. The fourth-order valence-corrected chi connectivity index (χ4v) is 4.19. The Hall–Kier alpha value is -2.08. The van der Waals surface area contributed by atoms with Crippen LogP contribution in [0.5, 0.6) is 0 Å². The van der Waals surface area contributed by atoms with Gasteiger partial charge in [-0.2, -0.15) is 0 Å². The van der Waals surface area contributed by atoms with E-state index in [0.717, 1.165) is 24.3 Å². The van der Waals surface area contributed by atoms with Gasteiger partial charge < -0.3 is 9.64 Å². The number of carbonyl (C=O) groups is 1. The molecule has 0 unspecified atom stereocenters. The number of hydrogen-bond acceptors (Lipinski definition) is 5. The van der Waals surface area contributed by atoms with E-state index in [1.807, 2.05) is 74.2 Å². The van der Waals surface area contributed by atoms with E-state index in [4.69, 9.17) is 4.74 Å². The summed E-state index contributed by atoms with van der Waals surface area (Å²) >= 11 is 1.81. The SMILES string of the molecule is CC(C)(C)OC(=O)N1CCC(c2ncccc2SCc2ccncc2)CC1. The van der Waals surface area contributed by atoms with Crippen LogP contribution in [0.4, 0.5) is 4.79 Å². The second-order valence-electron chi connectivity index (χ2n) is 7.77. The summed E-state index contributed by atoms with van der Waals surface area (Å²) in [5.41, 5.74) is 1.95. The van der Waals surface area contributed by atoms with Crippen LogP contribution in [-0.2, 0) is 10.5 Å². The summed E-state index contributed by atoms with van der Waals surface area (Å²) in [7, 11) is 0. The molecule has 0 aliphatic carbocycles. The van der Waals surface area contributed by atoms with Gasteiger partial charge in [-0.15, -0.1) is 11.8 Å². The van der Waals surface area contributed by atoms with Crippen LogP contribution in [0, 0.1) is 0 Å². The third kappa shape index (κ3) is 5.70. The van der Waals surface area contributed by atoms with E-state index in [9.17, 15) is 4.79 Å². The summed E-state index contributed by atoms with van der Waals surface area (Å²) < 4.78 is 5.49. The molecule has 1 aliphatic heterocycles. The first kappa shape index (κ1) is 19.7. The van der Waals surface area contributed by atoms with Crippen molar-refractivity contribution in [2.24, 2.45) is 0 Å². The second-order valence-corrected chi connectivity index (χ2v) is 8.79. The van der Waals surface area contributed by atoms with Crippen molar-refractivity contribution in [3.63, 3.8) is 0 Å². The summed E-state index contributed by atoms with van der Waals surface area (Å²) in [5, 5.41) is 0. The van der Waals surface area contributed by atoms with Crippen LogP contribution >= 0.6 is 11.8 Å². The van der Waals surface area contributed by atoms with Gasteiger partial charge in [-0.3, -0.25) is 9.97 Å². The highest BCUT2D eigenvalue weighted by molar-refractivity contribution is 7.98. The van der Waals surface area contributed by atoms with Crippen LogP contribution in [0.1, 0.15) is 50.8 Å². The number of likely N-dealkylation sites (tertiary alicyclic amines) is 1. The fourth-order valence-electron chi connectivity index (χ4n) is 3.13. The molecule has 2 aromatic rings. The maximum atomic E-state index is 12.3. The zero-order valence-corrected chi connectivity index (χ0v) is 17.0. The molecule has 2 aromatic heterocycles. The van der Waals surface area contributed by atoms with E-state index in [-0.39, 0.29) is 6.09 Å². The number of piperidine rings is 1. The van der Waals surface area contributed by atoms with Gasteiger partial charge in [-0.25, -0.2) is 4.79 Å². The molecule has 1 aliphatic rings. The normalized spacial score (nSPS) is 15.6. The molecule has 1 fully saturated rings. The second kappa shape index (κ2) is 8.74. The largest absolute Gasteiger partial charge is 0.444 e. The average molecular weight is 386 g/mol. The Balaban J connectivity index is 1.60. The summed E-state index contributed by atoms with van der Waals surface area (Å²) in [6, 6.07) is 8.23. The Morgan fingerprint density at radius 2 is 1.89 bits per heavy atom. The number of thioether (sulfide) groups is 1. The van der Waals surface area contributed by atoms with E-state index < -0.39 is 5.60 Å². The number of amides is 1. The smallest absolute Gasteiger partial charge is 0.410 e. The molecular formula is C21H27N3O2S. The van der Waals surface area contributed by atoms with E-state index in [1.165, 1.54) is 10.5 Å². The molecule has 27 heavy (non-hydrogen) atoms. The maximum Gasteiger partial charge on any atom is 0.410 e. The van der Waals surface area contributed by atoms with E-state index in [2.05, 4.69) is 16.0 Å². The van der Waals surface area contributed by atoms with Crippen molar-refractivity contribution in [2.75, 3.05) is 13.1 Å². The molecule has 3 heterocycles. The van der Waals surface area contributed by atoms with Crippen LogP contribution in [0.3, 0.4) is 0 Å². The molecule has 0 spiro atoms. The highest BCUT2D eigenvalue weighted by atomic mass is 32.2. The van der Waals surface area contributed by atoms with Gasteiger partial charge in [0.05, 0.1) is 5.69 Å². The lowest BCUT2D eigenvalue weighted by molar-refractivity contribution is 0.0203. The van der Waals surface area contributed by atoms with Crippen molar-refractivity contribution in [1.29, 1.82) is 0 Å². The average Bonchev–Trinajstić information content (AvgIpc) is 2.66. The third-order valence-electron chi connectivity index (χ3n) is 4.48. The first-order valence-corrected chi connectivity index (χ1v) is 10.4. The first-order valence-electron chi connectivity index (χ1n) is 9.37. The van der Waals surface area contributed by atoms with Gasteiger partial charge in [-0.05, 0) is 63.4 Å². The van der Waals surface area contributed by atoms with Crippen molar-refractivity contribution in [1.82, 2.24) is 14.9 Å². The molecule has 3 rings (SSSR count). The first-order chi connectivity index (χ1) is 12.9. The highest BCUT2D eigenvalue weighted by Crippen LogP contribution is 2.35. The third-order valence-corrected chi connectivity index (χ3v) is 5.61. The Labute approximate surface area is 165 Å². The Morgan fingerprint density at radius 1 is 1.19 bits per heavy atom. The summed E-state index contributed by atoms with van der Waals surface area (Å²) in [6.07, 6.45) is 7.14. The molecular weight excluding hydrogens is 358 g/mol. The van der Waals surface area contributed by atoms with Crippen molar-refractivity contribution in [2.45, 2.75) is 55.8 Å². The highest BCUT2D eigenvalue weighted by Gasteiger charge is 2.29. The molecule has 0 aromatic carbocycles. The number of pyridine rings is 2. The van der Waals surface area contributed by atoms with Gasteiger partial charge in [0.25, 0.3) is 0 Å². The topological polar surface area (TPSA) is 55.3 Å². The molecule has 0 N–H and O–H groups in total. The van der Waals surface area contributed by atoms with Crippen LogP contribution in [0.2, 0.25) is 0 Å². The van der Waals surface area contributed by atoms with E-state index in [0.29, 0.717) is 19.0 Å².